The minimum absolute atomic E-state index is 0.00339. The summed E-state index contributed by atoms with van der Waals surface area (Å²) in [5.41, 5.74) is -3.06. The third-order valence-electron chi connectivity index (χ3n) is 10.6. The van der Waals surface area contributed by atoms with E-state index in [1.165, 1.54) is 0 Å². The van der Waals surface area contributed by atoms with Crippen molar-refractivity contribution in [1.29, 1.82) is 0 Å². The van der Waals surface area contributed by atoms with Crippen LogP contribution in [0.1, 0.15) is 82.3 Å². The minimum Gasteiger partial charge on any atom is -0.507 e. The van der Waals surface area contributed by atoms with Crippen molar-refractivity contribution < 1.29 is 39.0 Å². The highest BCUT2D eigenvalue weighted by molar-refractivity contribution is 6.32. The highest BCUT2D eigenvalue weighted by Gasteiger charge is 2.76. The van der Waals surface area contributed by atoms with E-state index in [1.54, 1.807) is 40.7 Å². The van der Waals surface area contributed by atoms with Crippen molar-refractivity contribution in [1.82, 2.24) is 0 Å². The molecular weight excluding hydrogens is 560 g/mol. The number of ketones is 6. The van der Waals surface area contributed by atoms with Crippen LogP contribution in [0.5, 0.6) is 5.75 Å². The Morgan fingerprint density at radius 1 is 1.02 bits per heavy atom. The summed E-state index contributed by atoms with van der Waals surface area (Å²) in [7, 11) is 0. The molecular formula is C36H40O8. The smallest absolute Gasteiger partial charge is 0.190 e. The molecule has 8 nitrogen and oxygen atoms in total. The highest BCUT2D eigenvalue weighted by atomic mass is 16.3. The van der Waals surface area contributed by atoms with E-state index >= 15 is 0 Å². The molecule has 2 fully saturated rings. The van der Waals surface area contributed by atoms with Crippen LogP contribution in [0.3, 0.4) is 0 Å². The lowest BCUT2D eigenvalue weighted by Crippen LogP contribution is -2.76. The number of phenolic OH excluding ortho intramolecular Hbond substituents is 1. The van der Waals surface area contributed by atoms with Gasteiger partial charge in [0.15, 0.2) is 28.7 Å². The molecule has 2 aromatic rings. The van der Waals surface area contributed by atoms with Gasteiger partial charge in [-0.05, 0) is 65.8 Å². The van der Waals surface area contributed by atoms with E-state index in [0.29, 0.717) is 23.1 Å². The zero-order valence-corrected chi connectivity index (χ0v) is 26.2. The number of hydrogen-bond donors (Lipinski definition) is 2. The molecule has 3 aliphatic carbocycles. The third-order valence-corrected chi connectivity index (χ3v) is 10.6. The largest absolute Gasteiger partial charge is 0.507 e. The van der Waals surface area contributed by atoms with E-state index in [9.17, 15) is 39.0 Å². The molecule has 0 bridgehead atoms. The molecule has 6 atom stereocenters. The maximum Gasteiger partial charge on any atom is 0.190 e. The van der Waals surface area contributed by atoms with Crippen LogP contribution in [0.4, 0.5) is 0 Å². The Hall–Kier alpha value is -3.78. The van der Waals surface area contributed by atoms with Crippen molar-refractivity contribution in [3.63, 3.8) is 0 Å². The van der Waals surface area contributed by atoms with E-state index < -0.39 is 69.0 Å². The van der Waals surface area contributed by atoms with Crippen molar-refractivity contribution in [2.24, 2.45) is 34.5 Å². The fourth-order valence-corrected chi connectivity index (χ4v) is 8.78. The number of hydrogen-bond acceptors (Lipinski definition) is 8. The van der Waals surface area contributed by atoms with E-state index in [4.69, 9.17) is 0 Å². The Bertz CT molecular complexity index is 1620. The third kappa shape index (κ3) is 4.28. The molecule has 0 radical (unpaired) electrons. The van der Waals surface area contributed by atoms with Crippen molar-refractivity contribution in [2.45, 2.75) is 79.2 Å². The summed E-state index contributed by atoms with van der Waals surface area (Å²) < 4.78 is 0. The summed E-state index contributed by atoms with van der Waals surface area (Å²) >= 11 is 0. The van der Waals surface area contributed by atoms with Crippen LogP contribution in [-0.4, -0.2) is 50.5 Å². The standard InChI is InChI=1S/C36H40O8/c1-7-22(38)14-13-21-15-23(20-11-9-8-10-12-20)24-16-34(5)17-35(6)27(18(2)3)30(40)25(19(4)37)32(42)36(35,44)33(43)28(34)31(41)26(24)29(21)39/h8-12,15,18,25,27-28,39,44H,7,13-14,16-17H2,1-6H3/t25?,27?,28?,34-,35-,36+/m1/s1. The average Bonchev–Trinajstić information content (AvgIpc) is 2.94. The van der Waals surface area contributed by atoms with Crippen LogP contribution >= 0.6 is 0 Å². The van der Waals surface area contributed by atoms with Gasteiger partial charge in [-0.15, -0.1) is 0 Å². The van der Waals surface area contributed by atoms with Gasteiger partial charge in [0.2, 0.25) is 0 Å². The number of aromatic hydroxyl groups is 1. The van der Waals surface area contributed by atoms with Gasteiger partial charge in [-0.1, -0.05) is 65.0 Å². The monoisotopic (exact) mass is 600 g/mol. The molecule has 0 spiro atoms. The fraction of sp³-hybridized carbons (Fsp3) is 0.500. The molecule has 2 saturated carbocycles. The lowest BCUT2D eigenvalue weighted by Gasteiger charge is -2.62. The number of phenols is 1. The Kier molecular flexibility index (Phi) is 7.68. The van der Waals surface area contributed by atoms with Gasteiger partial charge in [0.25, 0.3) is 0 Å². The second kappa shape index (κ2) is 10.7. The molecule has 0 aliphatic heterocycles. The van der Waals surface area contributed by atoms with Gasteiger partial charge in [0.1, 0.15) is 23.2 Å². The lowest BCUT2D eigenvalue weighted by atomic mass is 9.39. The number of Topliss-reactive ketones (excluding diaryl/α,β-unsaturated/α-hetero) is 6. The maximum absolute atomic E-state index is 14.6. The zero-order valence-electron chi connectivity index (χ0n) is 26.2. The Morgan fingerprint density at radius 3 is 2.23 bits per heavy atom. The summed E-state index contributed by atoms with van der Waals surface area (Å²) in [6, 6.07) is 11.1. The van der Waals surface area contributed by atoms with Gasteiger partial charge < -0.3 is 10.2 Å². The van der Waals surface area contributed by atoms with E-state index in [0.717, 1.165) is 12.5 Å². The highest BCUT2D eigenvalue weighted by Crippen LogP contribution is 2.64. The Morgan fingerprint density at radius 2 is 1.66 bits per heavy atom. The average molecular weight is 601 g/mol. The van der Waals surface area contributed by atoms with Crippen LogP contribution in [0, 0.1) is 34.5 Å². The molecule has 2 N–H and O–H groups in total. The van der Waals surface area contributed by atoms with E-state index in [2.05, 4.69) is 0 Å². The molecule has 3 aliphatic rings. The minimum atomic E-state index is -2.74. The summed E-state index contributed by atoms with van der Waals surface area (Å²) in [6.45, 7) is 9.70. The first-order chi connectivity index (χ1) is 20.5. The summed E-state index contributed by atoms with van der Waals surface area (Å²) in [6.07, 6.45) is 0.830. The predicted octanol–water partition coefficient (Wildman–Crippen LogP) is 4.67. The first-order valence-corrected chi connectivity index (χ1v) is 15.4. The van der Waals surface area contributed by atoms with Gasteiger partial charge in [-0.3, -0.25) is 28.8 Å². The van der Waals surface area contributed by atoms with Crippen LogP contribution in [0.2, 0.25) is 0 Å². The molecule has 0 aromatic heterocycles. The number of aliphatic hydroxyl groups is 1. The molecule has 8 heteroatoms. The van der Waals surface area contributed by atoms with Gasteiger partial charge in [0.05, 0.1) is 11.5 Å². The van der Waals surface area contributed by atoms with Crippen LogP contribution in [-0.2, 0) is 36.8 Å². The zero-order chi connectivity index (χ0) is 32.5. The number of fused-ring (bicyclic) bond motifs is 3. The topological polar surface area (TPSA) is 143 Å². The number of aryl methyl sites for hydroxylation is 1. The maximum atomic E-state index is 14.6. The van der Waals surface area contributed by atoms with Gasteiger partial charge in [-0.25, -0.2) is 0 Å². The first-order valence-electron chi connectivity index (χ1n) is 15.4. The van der Waals surface area contributed by atoms with Crippen LogP contribution in [0.15, 0.2) is 36.4 Å². The van der Waals surface area contributed by atoms with Crippen molar-refractivity contribution in [3.8, 4) is 16.9 Å². The van der Waals surface area contributed by atoms with Crippen molar-refractivity contribution >= 4 is 34.7 Å². The summed E-state index contributed by atoms with van der Waals surface area (Å²) in [5, 5.41) is 23.8. The fourth-order valence-electron chi connectivity index (χ4n) is 8.78. The molecule has 3 unspecified atom stereocenters. The quantitative estimate of drug-likeness (QED) is 0.437. The SMILES string of the molecule is CCC(=O)CCc1cc(-c2ccccc2)c2c(c1O)C(=O)C1C(=O)[C@@]3(O)C(=O)C(C(C)=O)C(=O)C(C(C)C)[C@@]3(C)C[C@@]1(C)C2. The number of carbonyl (C=O) groups excluding carboxylic acids is 6. The molecule has 232 valence electrons. The molecule has 2 aromatic carbocycles. The van der Waals surface area contributed by atoms with Crippen LogP contribution < -0.4 is 0 Å². The van der Waals surface area contributed by atoms with Gasteiger partial charge in [-0.2, -0.15) is 0 Å². The summed E-state index contributed by atoms with van der Waals surface area (Å²) in [4.78, 5) is 81.5. The molecule has 5 rings (SSSR count). The molecule has 0 heterocycles. The van der Waals surface area contributed by atoms with Gasteiger partial charge in [0, 0.05) is 24.2 Å². The van der Waals surface area contributed by atoms with Crippen molar-refractivity contribution in [3.05, 3.63) is 53.1 Å². The van der Waals surface area contributed by atoms with Crippen molar-refractivity contribution in [2.75, 3.05) is 0 Å². The van der Waals surface area contributed by atoms with E-state index in [-0.39, 0.29) is 42.8 Å². The molecule has 0 amide bonds. The molecule has 0 saturated heterocycles. The Balaban J connectivity index is 1.75. The number of rotatable bonds is 7. The second-order valence-corrected chi connectivity index (χ2v) is 13.9. The lowest BCUT2D eigenvalue weighted by molar-refractivity contribution is -0.205. The normalized spacial score (nSPS) is 31.4. The van der Waals surface area contributed by atoms with Gasteiger partial charge >= 0.3 is 0 Å². The van der Waals surface area contributed by atoms with Crippen LogP contribution in [0.25, 0.3) is 11.1 Å². The second-order valence-electron chi connectivity index (χ2n) is 13.9. The molecule has 44 heavy (non-hydrogen) atoms. The number of benzene rings is 2. The predicted molar refractivity (Wildman–Crippen MR) is 162 cm³/mol. The van der Waals surface area contributed by atoms with E-state index in [1.807, 2.05) is 30.3 Å². The number of carbonyl (C=O) groups is 6. The summed E-state index contributed by atoms with van der Waals surface area (Å²) in [5.74, 6) is -9.25. The first kappa shape index (κ1) is 31.6. The Labute approximate surface area is 257 Å².